The van der Waals surface area contributed by atoms with E-state index >= 15 is 0 Å². The standard InChI is InChI=1S/C15H21ClO2S/c1-10(2)15-8-13(14(3,18-15)7-12(15)16)17-9-11-5-4-6-19-11/h4-6,10,12-13H,7-9H2,1-3H3. The summed E-state index contributed by atoms with van der Waals surface area (Å²) in [4.78, 5) is 1.27. The van der Waals surface area contributed by atoms with E-state index in [9.17, 15) is 0 Å². The third-order valence-electron chi connectivity index (χ3n) is 4.71. The second-order valence-electron chi connectivity index (χ2n) is 6.28. The minimum absolute atomic E-state index is 0.110. The van der Waals surface area contributed by atoms with Crippen molar-refractivity contribution in [2.24, 2.45) is 5.92 Å². The summed E-state index contributed by atoms with van der Waals surface area (Å²) < 4.78 is 12.5. The van der Waals surface area contributed by atoms with Gasteiger partial charge < -0.3 is 9.47 Å². The Morgan fingerprint density at radius 3 is 2.89 bits per heavy atom. The molecule has 0 saturated carbocycles. The van der Waals surface area contributed by atoms with Gasteiger partial charge >= 0.3 is 0 Å². The van der Waals surface area contributed by atoms with E-state index in [0.29, 0.717) is 12.5 Å². The van der Waals surface area contributed by atoms with Crippen molar-refractivity contribution in [3.8, 4) is 0 Å². The van der Waals surface area contributed by atoms with E-state index in [-0.39, 0.29) is 22.7 Å². The number of hydrogen-bond acceptors (Lipinski definition) is 3. The van der Waals surface area contributed by atoms with Crippen molar-refractivity contribution in [3.05, 3.63) is 22.4 Å². The minimum Gasteiger partial charge on any atom is -0.370 e. The summed E-state index contributed by atoms with van der Waals surface area (Å²) in [5.74, 6) is 0.423. The molecular formula is C15H21ClO2S. The lowest BCUT2D eigenvalue weighted by Gasteiger charge is -2.35. The lowest BCUT2D eigenvalue weighted by atomic mass is 9.75. The number of halogens is 1. The smallest absolute Gasteiger partial charge is 0.0939 e. The van der Waals surface area contributed by atoms with Gasteiger partial charge in [0.15, 0.2) is 0 Å². The van der Waals surface area contributed by atoms with Gasteiger partial charge in [0.1, 0.15) is 0 Å². The summed E-state index contributed by atoms with van der Waals surface area (Å²) in [5, 5.41) is 2.20. The molecule has 0 radical (unpaired) electrons. The molecule has 4 heteroatoms. The molecule has 3 rings (SSSR count). The van der Waals surface area contributed by atoms with Crippen LogP contribution in [0.5, 0.6) is 0 Å². The fourth-order valence-electron chi connectivity index (χ4n) is 3.47. The van der Waals surface area contributed by atoms with E-state index in [2.05, 4.69) is 38.3 Å². The van der Waals surface area contributed by atoms with Gasteiger partial charge in [-0.25, -0.2) is 0 Å². The van der Waals surface area contributed by atoms with Crippen molar-refractivity contribution in [1.29, 1.82) is 0 Å². The van der Waals surface area contributed by atoms with Crippen molar-refractivity contribution in [3.63, 3.8) is 0 Å². The summed E-state index contributed by atoms with van der Waals surface area (Å²) in [6.07, 6.45) is 1.97. The molecule has 0 N–H and O–H groups in total. The van der Waals surface area contributed by atoms with Crippen LogP contribution < -0.4 is 0 Å². The molecule has 1 aromatic heterocycles. The van der Waals surface area contributed by atoms with Crippen molar-refractivity contribution in [2.45, 2.75) is 62.9 Å². The Hall–Kier alpha value is -0.0900. The summed E-state index contributed by atoms with van der Waals surface area (Å²) in [6.45, 7) is 7.23. The molecule has 2 nitrogen and oxygen atoms in total. The first-order valence-corrected chi connectivity index (χ1v) is 8.26. The summed E-state index contributed by atoms with van der Waals surface area (Å²) in [6, 6.07) is 4.18. The summed E-state index contributed by atoms with van der Waals surface area (Å²) >= 11 is 8.28. The zero-order valence-electron chi connectivity index (χ0n) is 11.7. The van der Waals surface area contributed by atoms with Gasteiger partial charge in [-0.3, -0.25) is 0 Å². The molecule has 4 unspecified atom stereocenters. The number of fused-ring (bicyclic) bond motifs is 2. The molecule has 19 heavy (non-hydrogen) atoms. The maximum Gasteiger partial charge on any atom is 0.0939 e. The van der Waals surface area contributed by atoms with E-state index in [1.807, 2.05) is 0 Å². The topological polar surface area (TPSA) is 18.5 Å². The van der Waals surface area contributed by atoms with Gasteiger partial charge in [0.25, 0.3) is 0 Å². The number of rotatable bonds is 4. The monoisotopic (exact) mass is 300 g/mol. The Balaban J connectivity index is 1.72. The molecule has 1 aromatic rings. The van der Waals surface area contributed by atoms with Crippen molar-refractivity contribution < 1.29 is 9.47 Å². The third kappa shape index (κ3) is 2.15. The highest BCUT2D eigenvalue weighted by Gasteiger charge is 2.65. The average molecular weight is 301 g/mol. The van der Waals surface area contributed by atoms with E-state index < -0.39 is 0 Å². The van der Waals surface area contributed by atoms with Gasteiger partial charge in [-0.05, 0) is 30.7 Å². The highest BCUT2D eigenvalue weighted by atomic mass is 35.5. The van der Waals surface area contributed by atoms with Crippen LogP contribution >= 0.6 is 22.9 Å². The van der Waals surface area contributed by atoms with Crippen LogP contribution in [-0.2, 0) is 16.1 Å². The van der Waals surface area contributed by atoms with Crippen LogP contribution in [0.4, 0.5) is 0 Å². The van der Waals surface area contributed by atoms with E-state index in [1.165, 1.54) is 4.88 Å². The number of hydrogen-bond donors (Lipinski definition) is 0. The Labute approximate surface area is 124 Å². The Morgan fingerprint density at radius 1 is 1.53 bits per heavy atom. The van der Waals surface area contributed by atoms with Gasteiger partial charge in [-0.15, -0.1) is 22.9 Å². The molecule has 0 spiro atoms. The summed E-state index contributed by atoms with van der Waals surface area (Å²) in [5.41, 5.74) is -0.412. The predicted octanol–water partition coefficient (Wildman–Crippen LogP) is 4.22. The summed E-state index contributed by atoms with van der Waals surface area (Å²) in [7, 11) is 0. The van der Waals surface area contributed by atoms with Crippen LogP contribution in [0.25, 0.3) is 0 Å². The average Bonchev–Trinajstić information content (AvgIpc) is 2.98. The fraction of sp³-hybridized carbons (Fsp3) is 0.733. The minimum atomic E-state index is -0.214. The maximum atomic E-state index is 6.54. The van der Waals surface area contributed by atoms with Crippen LogP contribution in [0.3, 0.4) is 0 Å². The Morgan fingerprint density at radius 2 is 2.32 bits per heavy atom. The molecular weight excluding hydrogens is 280 g/mol. The first kappa shape index (κ1) is 13.9. The van der Waals surface area contributed by atoms with Crippen molar-refractivity contribution in [2.75, 3.05) is 0 Å². The van der Waals surface area contributed by atoms with Crippen LogP contribution in [0.15, 0.2) is 17.5 Å². The SMILES string of the molecule is CC(C)C12CC(OCc3cccs3)C(C)(CC1Cl)O2. The first-order chi connectivity index (χ1) is 8.96. The highest BCUT2D eigenvalue weighted by Crippen LogP contribution is 2.57. The van der Waals surface area contributed by atoms with Gasteiger partial charge in [0.05, 0.1) is 29.3 Å². The molecule has 106 valence electrons. The quantitative estimate of drug-likeness (QED) is 0.775. The Bertz CT molecular complexity index is 447. The third-order valence-corrected chi connectivity index (χ3v) is 6.08. The molecule has 2 aliphatic heterocycles. The Kier molecular flexibility index (Phi) is 3.45. The maximum absolute atomic E-state index is 6.54. The largest absolute Gasteiger partial charge is 0.370 e. The number of alkyl halides is 1. The van der Waals surface area contributed by atoms with Gasteiger partial charge in [-0.2, -0.15) is 0 Å². The van der Waals surface area contributed by atoms with Crippen LogP contribution in [0, 0.1) is 5.92 Å². The number of thiophene rings is 1. The van der Waals surface area contributed by atoms with Crippen molar-refractivity contribution >= 4 is 22.9 Å². The predicted molar refractivity (Wildman–Crippen MR) is 78.8 cm³/mol. The first-order valence-electron chi connectivity index (χ1n) is 6.94. The van der Waals surface area contributed by atoms with E-state index in [0.717, 1.165) is 12.8 Å². The zero-order chi connectivity index (χ0) is 13.7. The normalized spacial score (nSPS) is 41.3. The van der Waals surface area contributed by atoms with Crippen molar-refractivity contribution in [1.82, 2.24) is 0 Å². The lowest BCUT2D eigenvalue weighted by molar-refractivity contribution is -0.0954. The van der Waals surface area contributed by atoms with Gasteiger partial charge in [0, 0.05) is 11.3 Å². The molecule has 2 saturated heterocycles. The van der Waals surface area contributed by atoms with Crippen LogP contribution in [-0.4, -0.2) is 22.7 Å². The molecule has 0 amide bonds. The second kappa shape index (κ2) is 4.73. The van der Waals surface area contributed by atoms with E-state index in [4.69, 9.17) is 21.1 Å². The molecule has 2 bridgehead atoms. The van der Waals surface area contributed by atoms with E-state index in [1.54, 1.807) is 11.3 Å². The second-order valence-corrected chi connectivity index (χ2v) is 7.84. The molecule has 3 heterocycles. The molecule has 0 aliphatic carbocycles. The zero-order valence-corrected chi connectivity index (χ0v) is 13.3. The lowest BCUT2D eigenvalue weighted by Crippen LogP contribution is -2.45. The van der Waals surface area contributed by atoms with Crippen LogP contribution in [0.2, 0.25) is 0 Å². The molecule has 2 aliphatic rings. The molecule has 2 fully saturated rings. The van der Waals surface area contributed by atoms with Crippen LogP contribution in [0.1, 0.15) is 38.5 Å². The van der Waals surface area contributed by atoms with Gasteiger partial charge in [0.2, 0.25) is 0 Å². The highest BCUT2D eigenvalue weighted by molar-refractivity contribution is 7.09. The number of ether oxygens (including phenoxy) is 2. The molecule has 4 atom stereocenters. The molecule has 0 aromatic carbocycles. The van der Waals surface area contributed by atoms with Gasteiger partial charge in [-0.1, -0.05) is 19.9 Å². The fourth-order valence-corrected chi connectivity index (χ4v) is 4.79.